The van der Waals surface area contributed by atoms with Crippen LogP contribution in [0.15, 0.2) is 18.2 Å². The summed E-state index contributed by atoms with van der Waals surface area (Å²) in [6, 6.07) is 5.86. The second-order valence-corrected chi connectivity index (χ2v) is 6.20. The zero-order valence-corrected chi connectivity index (χ0v) is 13.8. The molecular weight excluding hydrogens is 268 g/mol. The molecule has 0 aliphatic carbocycles. The van der Waals surface area contributed by atoms with Gasteiger partial charge in [0, 0.05) is 5.02 Å². The van der Waals surface area contributed by atoms with Gasteiger partial charge in [0.05, 0.1) is 6.10 Å². The van der Waals surface area contributed by atoms with Crippen LogP contribution in [-0.4, -0.2) is 5.11 Å². The molecule has 0 bridgehead atoms. The van der Waals surface area contributed by atoms with E-state index in [9.17, 15) is 5.11 Å². The molecule has 114 valence electrons. The molecule has 0 heterocycles. The highest BCUT2D eigenvalue weighted by Crippen LogP contribution is 2.25. The third-order valence-corrected chi connectivity index (χ3v) is 4.32. The van der Waals surface area contributed by atoms with E-state index in [1.165, 1.54) is 44.9 Å². The van der Waals surface area contributed by atoms with E-state index in [0.29, 0.717) is 0 Å². The first-order chi connectivity index (χ1) is 9.65. The minimum absolute atomic E-state index is 0.367. The lowest BCUT2D eigenvalue weighted by Crippen LogP contribution is -1.98. The smallest absolute Gasteiger partial charge is 0.0790 e. The summed E-state index contributed by atoms with van der Waals surface area (Å²) in [7, 11) is 0. The minimum atomic E-state index is -0.367. The molecule has 1 aromatic rings. The van der Waals surface area contributed by atoms with Gasteiger partial charge in [-0.3, -0.25) is 0 Å². The Morgan fingerprint density at radius 2 is 1.60 bits per heavy atom. The maximum Gasteiger partial charge on any atom is 0.0790 e. The van der Waals surface area contributed by atoms with Crippen molar-refractivity contribution in [2.45, 2.75) is 77.7 Å². The molecule has 1 aromatic carbocycles. The van der Waals surface area contributed by atoms with E-state index < -0.39 is 0 Å². The fraction of sp³-hybridized carbons (Fsp3) is 0.667. The normalized spacial score (nSPS) is 12.6. The van der Waals surface area contributed by atoms with Crippen LogP contribution in [0.5, 0.6) is 0 Å². The lowest BCUT2D eigenvalue weighted by molar-refractivity contribution is 0.163. The molecule has 1 unspecified atom stereocenters. The maximum absolute atomic E-state index is 10.1. The fourth-order valence-corrected chi connectivity index (χ4v) is 2.64. The number of aliphatic hydroxyl groups excluding tert-OH is 1. The molecule has 0 spiro atoms. The first-order valence-corrected chi connectivity index (χ1v) is 8.47. The van der Waals surface area contributed by atoms with E-state index >= 15 is 0 Å². The van der Waals surface area contributed by atoms with Gasteiger partial charge in [-0.15, -0.1) is 0 Å². The Labute approximate surface area is 129 Å². The zero-order valence-electron chi connectivity index (χ0n) is 13.0. The van der Waals surface area contributed by atoms with E-state index in [-0.39, 0.29) is 6.10 Å². The molecule has 1 rings (SSSR count). The van der Waals surface area contributed by atoms with Crippen molar-refractivity contribution >= 4 is 11.6 Å². The van der Waals surface area contributed by atoms with E-state index in [2.05, 4.69) is 6.92 Å². The van der Waals surface area contributed by atoms with Crippen molar-refractivity contribution in [1.82, 2.24) is 0 Å². The summed E-state index contributed by atoms with van der Waals surface area (Å²) >= 11 is 6.09. The van der Waals surface area contributed by atoms with E-state index in [4.69, 9.17) is 11.6 Å². The maximum atomic E-state index is 10.1. The van der Waals surface area contributed by atoms with Gasteiger partial charge in [0.25, 0.3) is 0 Å². The SMILES string of the molecule is CCCCCCCCCCC(O)c1ccc(C)c(Cl)c1. The summed E-state index contributed by atoms with van der Waals surface area (Å²) in [6.45, 7) is 4.23. The van der Waals surface area contributed by atoms with Crippen molar-refractivity contribution in [2.75, 3.05) is 0 Å². The Hall–Kier alpha value is -0.530. The Kier molecular flexibility index (Phi) is 8.97. The Morgan fingerprint density at radius 1 is 1.00 bits per heavy atom. The van der Waals surface area contributed by atoms with E-state index in [1.807, 2.05) is 25.1 Å². The van der Waals surface area contributed by atoms with Crippen LogP contribution in [0.25, 0.3) is 0 Å². The van der Waals surface area contributed by atoms with Crippen LogP contribution >= 0.6 is 11.6 Å². The molecule has 1 N–H and O–H groups in total. The molecule has 1 nitrogen and oxygen atoms in total. The van der Waals surface area contributed by atoms with Crippen molar-refractivity contribution in [3.63, 3.8) is 0 Å². The summed E-state index contributed by atoms with van der Waals surface area (Å²) in [6.07, 6.45) is 10.9. The van der Waals surface area contributed by atoms with E-state index in [0.717, 1.165) is 29.0 Å². The molecule has 0 radical (unpaired) electrons. The van der Waals surface area contributed by atoms with Crippen molar-refractivity contribution in [2.24, 2.45) is 0 Å². The largest absolute Gasteiger partial charge is 0.388 e. The second kappa shape index (κ2) is 10.2. The van der Waals surface area contributed by atoms with Crippen LogP contribution in [0.4, 0.5) is 0 Å². The Balaban J connectivity index is 2.13. The lowest BCUT2D eigenvalue weighted by atomic mass is 10.0. The van der Waals surface area contributed by atoms with Gasteiger partial charge in [0.1, 0.15) is 0 Å². The second-order valence-electron chi connectivity index (χ2n) is 5.79. The number of hydrogen-bond donors (Lipinski definition) is 1. The molecule has 20 heavy (non-hydrogen) atoms. The predicted molar refractivity (Wildman–Crippen MR) is 88.4 cm³/mol. The highest BCUT2D eigenvalue weighted by molar-refractivity contribution is 6.31. The summed E-state index contributed by atoms with van der Waals surface area (Å²) < 4.78 is 0. The van der Waals surface area contributed by atoms with Gasteiger partial charge in [-0.25, -0.2) is 0 Å². The first kappa shape index (κ1) is 17.5. The standard InChI is InChI=1S/C18H29ClO/c1-3-4-5-6-7-8-9-10-11-18(20)16-13-12-15(2)17(19)14-16/h12-14,18,20H,3-11H2,1-2H3. The Morgan fingerprint density at radius 3 is 2.20 bits per heavy atom. The average molecular weight is 297 g/mol. The molecule has 0 aromatic heterocycles. The van der Waals surface area contributed by atoms with Crippen molar-refractivity contribution < 1.29 is 5.11 Å². The molecular formula is C18H29ClO. The topological polar surface area (TPSA) is 20.2 Å². The number of rotatable bonds is 10. The van der Waals surface area contributed by atoms with Crippen molar-refractivity contribution in [1.29, 1.82) is 0 Å². The van der Waals surface area contributed by atoms with Gasteiger partial charge in [-0.2, -0.15) is 0 Å². The average Bonchev–Trinajstić information content (AvgIpc) is 2.44. The molecule has 0 aliphatic rings. The van der Waals surface area contributed by atoms with Crippen LogP contribution in [0.3, 0.4) is 0 Å². The van der Waals surface area contributed by atoms with Gasteiger partial charge in [0.2, 0.25) is 0 Å². The minimum Gasteiger partial charge on any atom is -0.388 e. The first-order valence-electron chi connectivity index (χ1n) is 8.09. The van der Waals surface area contributed by atoms with Gasteiger partial charge >= 0.3 is 0 Å². The number of hydrogen-bond acceptors (Lipinski definition) is 1. The molecule has 1 atom stereocenters. The molecule has 0 saturated carbocycles. The Bertz CT molecular complexity index is 376. The van der Waals surface area contributed by atoms with Crippen LogP contribution in [-0.2, 0) is 0 Å². The number of aliphatic hydroxyl groups is 1. The van der Waals surface area contributed by atoms with Gasteiger partial charge < -0.3 is 5.11 Å². The number of unbranched alkanes of at least 4 members (excludes halogenated alkanes) is 7. The number of aryl methyl sites for hydroxylation is 1. The summed E-state index contributed by atoms with van der Waals surface area (Å²) in [5.41, 5.74) is 2.01. The summed E-state index contributed by atoms with van der Waals surface area (Å²) in [5.74, 6) is 0. The zero-order chi connectivity index (χ0) is 14.8. The highest BCUT2D eigenvalue weighted by Gasteiger charge is 2.08. The fourth-order valence-electron chi connectivity index (χ4n) is 2.45. The van der Waals surface area contributed by atoms with Crippen LogP contribution in [0.1, 0.15) is 81.9 Å². The van der Waals surface area contributed by atoms with Crippen LogP contribution in [0.2, 0.25) is 5.02 Å². The third-order valence-electron chi connectivity index (χ3n) is 3.91. The monoisotopic (exact) mass is 296 g/mol. The lowest BCUT2D eigenvalue weighted by Gasteiger charge is -2.12. The molecule has 0 aliphatic heterocycles. The van der Waals surface area contributed by atoms with Crippen LogP contribution < -0.4 is 0 Å². The molecule has 0 saturated heterocycles. The summed E-state index contributed by atoms with van der Waals surface area (Å²) in [4.78, 5) is 0. The molecule has 0 fully saturated rings. The summed E-state index contributed by atoms with van der Waals surface area (Å²) in [5, 5.41) is 10.9. The quantitative estimate of drug-likeness (QED) is 0.509. The third kappa shape index (κ3) is 6.76. The van der Waals surface area contributed by atoms with Gasteiger partial charge in [-0.1, -0.05) is 82.0 Å². The van der Waals surface area contributed by atoms with Crippen LogP contribution in [0, 0.1) is 6.92 Å². The van der Waals surface area contributed by atoms with Crippen molar-refractivity contribution in [3.8, 4) is 0 Å². The highest BCUT2D eigenvalue weighted by atomic mass is 35.5. The van der Waals surface area contributed by atoms with E-state index in [1.54, 1.807) is 0 Å². The number of benzene rings is 1. The molecule has 2 heteroatoms. The van der Waals surface area contributed by atoms with Crippen molar-refractivity contribution in [3.05, 3.63) is 34.3 Å². The van der Waals surface area contributed by atoms with Gasteiger partial charge in [0.15, 0.2) is 0 Å². The van der Waals surface area contributed by atoms with Gasteiger partial charge in [-0.05, 0) is 30.5 Å². The predicted octanol–water partition coefficient (Wildman–Crippen LogP) is 6.21. The molecule has 0 amide bonds. The number of halogens is 1.